The lowest BCUT2D eigenvalue weighted by Gasteiger charge is -2.28. The Bertz CT molecular complexity index is 856. The largest absolute Gasteiger partial charge is 0.415 e. The lowest BCUT2D eigenvalue weighted by atomic mass is 10.2. The third-order valence-corrected chi connectivity index (χ3v) is 6.39. The summed E-state index contributed by atoms with van der Waals surface area (Å²) in [7, 11) is 0. The van der Waals surface area contributed by atoms with Gasteiger partial charge in [-0.05, 0) is 42.8 Å². The number of carbonyl (C=O) groups excluding carboxylic acids is 2. The van der Waals surface area contributed by atoms with Crippen molar-refractivity contribution >= 4 is 59.2 Å². The van der Waals surface area contributed by atoms with Gasteiger partial charge in [-0.2, -0.15) is 4.99 Å². The van der Waals surface area contributed by atoms with Crippen molar-refractivity contribution in [2.75, 3.05) is 31.3 Å². The van der Waals surface area contributed by atoms with E-state index in [4.69, 9.17) is 4.74 Å². The standard InChI is InChI=1S/C18H19FN4O3S2.ClH/c19-13-4-3-12(14(10-13)26-18(25)22-7-8-27-11-22)9-15-16(24)21-17(28-15)23-6-2-1-5-20-23;/h3-4,9-10,20H,1-2,5-8,11H2;1H. The van der Waals surface area contributed by atoms with Gasteiger partial charge in [0.05, 0.1) is 10.8 Å². The lowest BCUT2D eigenvalue weighted by Crippen LogP contribution is -2.45. The molecule has 2 amide bonds. The van der Waals surface area contributed by atoms with Crippen molar-refractivity contribution in [2.24, 2.45) is 4.99 Å². The summed E-state index contributed by atoms with van der Waals surface area (Å²) in [5.74, 6) is 0.627. The Morgan fingerprint density at radius 1 is 1.31 bits per heavy atom. The molecule has 0 aromatic heterocycles. The number of hydrogen-bond donors (Lipinski definition) is 1. The number of amides is 2. The van der Waals surface area contributed by atoms with E-state index in [0.717, 1.165) is 37.8 Å². The van der Waals surface area contributed by atoms with Gasteiger partial charge in [0.1, 0.15) is 11.6 Å². The van der Waals surface area contributed by atoms with E-state index in [-0.39, 0.29) is 24.1 Å². The minimum absolute atomic E-state index is 0. The maximum atomic E-state index is 13.7. The van der Waals surface area contributed by atoms with Crippen molar-refractivity contribution in [1.29, 1.82) is 0 Å². The van der Waals surface area contributed by atoms with E-state index in [2.05, 4.69) is 10.4 Å². The number of amidine groups is 1. The van der Waals surface area contributed by atoms with Gasteiger partial charge >= 0.3 is 6.09 Å². The summed E-state index contributed by atoms with van der Waals surface area (Å²) in [5, 5.41) is 2.48. The Labute approximate surface area is 182 Å². The molecular weight excluding hydrogens is 439 g/mol. The van der Waals surface area contributed by atoms with Crippen LogP contribution in [0.25, 0.3) is 6.08 Å². The fraction of sp³-hybridized carbons (Fsp3) is 0.389. The van der Waals surface area contributed by atoms with Crippen molar-refractivity contribution in [1.82, 2.24) is 15.3 Å². The molecule has 2 fully saturated rings. The molecular formula is C18H20ClFN4O3S2. The smallest absolute Gasteiger partial charge is 0.409 e. The second-order valence-electron chi connectivity index (χ2n) is 6.43. The monoisotopic (exact) mass is 458 g/mol. The fourth-order valence-electron chi connectivity index (χ4n) is 2.94. The molecule has 1 aromatic carbocycles. The summed E-state index contributed by atoms with van der Waals surface area (Å²) < 4.78 is 19.1. The molecule has 1 N–H and O–H groups in total. The topological polar surface area (TPSA) is 74.2 Å². The summed E-state index contributed by atoms with van der Waals surface area (Å²) in [6.07, 6.45) is 3.20. The first-order chi connectivity index (χ1) is 13.6. The fourth-order valence-corrected chi connectivity index (χ4v) is 4.78. The van der Waals surface area contributed by atoms with Gasteiger partial charge in [-0.15, -0.1) is 24.2 Å². The molecule has 0 atom stereocenters. The third-order valence-electron chi connectivity index (χ3n) is 4.42. The van der Waals surface area contributed by atoms with E-state index < -0.39 is 11.9 Å². The quantitative estimate of drug-likeness (QED) is 0.681. The molecule has 3 aliphatic rings. The first kappa shape index (κ1) is 21.9. The number of carbonyl (C=O) groups is 2. The van der Waals surface area contributed by atoms with Crippen molar-refractivity contribution < 1.29 is 18.7 Å². The van der Waals surface area contributed by atoms with Gasteiger partial charge in [0.2, 0.25) is 0 Å². The van der Waals surface area contributed by atoms with Gasteiger partial charge in [-0.25, -0.2) is 14.6 Å². The van der Waals surface area contributed by atoms with Gasteiger partial charge in [-0.3, -0.25) is 14.7 Å². The number of hydrazine groups is 1. The molecule has 3 heterocycles. The maximum Gasteiger partial charge on any atom is 0.415 e. The Hall–Kier alpha value is -1.75. The van der Waals surface area contributed by atoms with Crippen LogP contribution < -0.4 is 10.2 Å². The number of rotatable bonds is 2. The molecule has 7 nitrogen and oxygen atoms in total. The number of benzene rings is 1. The highest BCUT2D eigenvalue weighted by Gasteiger charge is 2.28. The molecule has 3 aliphatic heterocycles. The highest BCUT2D eigenvalue weighted by Crippen LogP contribution is 2.33. The number of nitrogens with one attached hydrogen (secondary N) is 1. The number of thioether (sulfide) groups is 2. The van der Waals surface area contributed by atoms with Crippen LogP contribution in [0.2, 0.25) is 0 Å². The highest BCUT2D eigenvalue weighted by atomic mass is 35.5. The van der Waals surface area contributed by atoms with E-state index >= 15 is 0 Å². The maximum absolute atomic E-state index is 13.7. The van der Waals surface area contributed by atoms with Crippen LogP contribution in [0.3, 0.4) is 0 Å². The van der Waals surface area contributed by atoms with Crippen molar-refractivity contribution in [2.45, 2.75) is 12.8 Å². The Morgan fingerprint density at radius 3 is 2.90 bits per heavy atom. The van der Waals surface area contributed by atoms with E-state index in [1.54, 1.807) is 22.7 Å². The average Bonchev–Trinajstić information content (AvgIpc) is 3.35. The number of hydrogen-bond acceptors (Lipinski definition) is 7. The minimum atomic E-state index is -0.518. The summed E-state index contributed by atoms with van der Waals surface area (Å²) in [6.45, 7) is 2.24. The molecule has 0 bridgehead atoms. The molecule has 0 radical (unpaired) electrons. The molecule has 0 spiro atoms. The van der Waals surface area contributed by atoms with Crippen LogP contribution >= 0.6 is 35.9 Å². The van der Waals surface area contributed by atoms with E-state index in [1.165, 1.54) is 23.9 Å². The number of nitrogens with zero attached hydrogens (tertiary/aromatic N) is 3. The van der Waals surface area contributed by atoms with Crippen LogP contribution in [0.5, 0.6) is 5.75 Å². The lowest BCUT2D eigenvalue weighted by molar-refractivity contribution is -0.113. The van der Waals surface area contributed by atoms with E-state index in [1.807, 2.05) is 5.01 Å². The van der Waals surface area contributed by atoms with Gasteiger partial charge in [0.15, 0.2) is 5.17 Å². The van der Waals surface area contributed by atoms with Crippen molar-refractivity contribution in [3.05, 3.63) is 34.5 Å². The molecule has 1 aromatic rings. The van der Waals surface area contributed by atoms with E-state index in [0.29, 0.717) is 28.1 Å². The predicted octanol–water partition coefficient (Wildman–Crippen LogP) is 3.32. The molecule has 4 rings (SSSR count). The zero-order valence-electron chi connectivity index (χ0n) is 15.4. The van der Waals surface area contributed by atoms with Crippen molar-refractivity contribution in [3.8, 4) is 5.75 Å². The van der Waals surface area contributed by atoms with Crippen LogP contribution in [0, 0.1) is 5.82 Å². The number of halogens is 2. The summed E-state index contributed by atoms with van der Waals surface area (Å²) in [4.78, 5) is 30.7. The van der Waals surface area contributed by atoms with Gasteiger partial charge in [-0.1, -0.05) is 0 Å². The Morgan fingerprint density at radius 2 is 2.17 bits per heavy atom. The minimum Gasteiger partial charge on any atom is -0.409 e. The SMILES string of the molecule is Cl.O=C1N=C(N2CCCCN2)SC1=Cc1ccc(F)cc1OC(=O)N1CCSC1. The highest BCUT2D eigenvalue weighted by molar-refractivity contribution is 8.18. The Balaban J connectivity index is 0.00000240. The zero-order valence-corrected chi connectivity index (χ0v) is 17.9. The molecule has 2 saturated heterocycles. The van der Waals surface area contributed by atoms with Crippen LogP contribution in [-0.2, 0) is 4.79 Å². The zero-order chi connectivity index (χ0) is 19.5. The Kier molecular flexibility index (Phi) is 7.44. The average molecular weight is 459 g/mol. The van der Waals surface area contributed by atoms with Crippen molar-refractivity contribution in [3.63, 3.8) is 0 Å². The van der Waals surface area contributed by atoms with Crippen LogP contribution in [-0.4, -0.2) is 58.3 Å². The van der Waals surface area contributed by atoms with Gasteiger partial charge < -0.3 is 4.74 Å². The number of ether oxygens (including phenoxy) is 1. The molecule has 156 valence electrons. The van der Waals surface area contributed by atoms with E-state index in [9.17, 15) is 14.0 Å². The third kappa shape index (κ3) is 5.25. The summed E-state index contributed by atoms with van der Waals surface area (Å²) in [5.41, 5.74) is 3.68. The predicted molar refractivity (Wildman–Crippen MR) is 116 cm³/mol. The van der Waals surface area contributed by atoms with Gasteiger partial charge in [0.25, 0.3) is 5.91 Å². The second kappa shape index (κ2) is 9.84. The second-order valence-corrected chi connectivity index (χ2v) is 8.51. The molecule has 0 aliphatic carbocycles. The number of aliphatic imine (C=N–C) groups is 1. The molecule has 0 saturated carbocycles. The molecule has 0 unspecified atom stereocenters. The first-order valence-corrected chi connectivity index (χ1v) is 10.9. The summed E-state index contributed by atoms with van der Waals surface area (Å²) in [6, 6.07) is 3.92. The van der Waals surface area contributed by atoms with Crippen LogP contribution in [0.1, 0.15) is 18.4 Å². The van der Waals surface area contributed by atoms with Gasteiger partial charge in [0, 0.05) is 37.0 Å². The first-order valence-electron chi connectivity index (χ1n) is 8.98. The summed E-state index contributed by atoms with van der Waals surface area (Å²) >= 11 is 2.89. The molecule has 29 heavy (non-hydrogen) atoms. The normalized spacial score (nSPS) is 20.7. The molecule has 11 heteroatoms. The van der Waals surface area contributed by atoms with Crippen LogP contribution in [0.15, 0.2) is 28.1 Å². The van der Waals surface area contributed by atoms with Crippen LogP contribution in [0.4, 0.5) is 9.18 Å².